The third kappa shape index (κ3) is 40.4. The zero-order valence-electron chi connectivity index (χ0n) is 34.3. The Kier molecular flexibility index (Phi) is 41.0. The van der Waals surface area contributed by atoms with Crippen LogP contribution >= 0.6 is 0 Å². The summed E-state index contributed by atoms with van der Waals surface area (Å²) in [5.41, 5.74) is 0. The zero-order valence-corrected chi connectivity index (χ0v) is 34.3. The van der Waals surface area contributed by atoms with Gasteiger partial charge in [-0.3, -0.25) is 9.59 Å². The predicted octanol–water partition coefficient (Wildman–Crippen LogP) is 14.2. The average molecular weight is 727 g/mol. The maximum absolute atomic E-state index is 12.5. The molecule has 1 atom stereocenters. The molecule has 0 N–H and O–H groups in total. The van der Waals surface area contributed by atoms with Crippen LogP contribution in [-0.2, 0) is 23.8 Å². The van der Waals surface area contributed by atoms with Crippen molar-refractivity contribution in [3.05, 3.63) is 60.8 Å². The Hall–Kier alpha value is -2.40. The largest absolute Gasteiger partial charge is 0.462 e. The second kappa shape index (κ2) is 43.0. The SMILES string of the molecule is CC/C=C\C/C=C\C/C=C\C/C=C\CCCCC(=O)OCC(COCCCCCCCC/C=C\CCCCCCCC)OC(=O)CCCCCCC. The van der Waals surface area contributed by atoms with E-state index in [9.17, 15) is 9.59 Å². The molecule has 52 heavy (non-hydrogen) atoms. The van der Waals surface area contributed by atoms with Gasteiger partial charge in [-0.25, -0.2) is 0 Å². The summed E-state index contributed by atoms with van der Waals surface area (Å²) in [4.78, 5) is 25.0. The third-order valence-corrected chi connectivity index (χ3v) is 9.04. The molecule has 0 aliphatic carbocycles. The zero-order chi connectivity index (χ0) is 37.8. The molecule has 0 aromatic carbocycles. The molecular weight excluding hydrogens is 645 g/mol. The van der Waals surface area contributed by atoms with Crippen LogP contribution in [0.3, 0.4) is 0 Å². The molecule has 1 unspecified atom stereocenters. The van der Waals surface area contributed by atoms with Gasteiger partial charge in [0, 0.05) is 19.4 Å². The van der Waals surface area contributed by atoms with E-state index in [4.69, 9.17) is 14.2 Å². The Bertz CT molecular complexity index is 915. The monoisotopic (exact) mass is 727 g/mol. The Morgan fingerprint density at radius 2 is 0.865 bits per heavy atom. The highest BCUT2D eigenvalue weighted by molar-refractivity contribution is 5.70. The van der Waals surface area contributed by atoms with Crippen molar-refractivity contribution in [1.29, 1.82) is 0 Å². The lowest BCUT2D eigenvalue weighted by Crippen LogP contribution is -2.30. The molecule has 0 bridgehead atoms. The first-order valence-electron chi connectivity index (χ1n) is 21.8. The Labute approximate surface area is 322 Å². The molecule has 5 nitrogen and oxygen atoms in total. The van der Waals surface area contributed by atoms with E-state index in [2.05, 4.69) is 81.5 Å². The first kappa shape index (κ1) is 49.6. The number of hydrogen-bond donors (Lipinski definition) is 0. The number of carbonyl (C=O) groups is 2. The van der Waals surface area contributed by atoms with E-state index in [1.165, 1.54) is 89.9 Å². The number of esters is 2. The fraction of sp³-hybridized carbons (Fsp3) is 0.745. The van der Waals surface area contributed by atoms with Gasteiger partial charge >= 0.3 is 11.9 Å². The normalized spacial score (nSPS) is 12.8. The minimum absolute atomic E-state index is 0.0602. The number of unbranched alkanes of at least 4 members (excludes halogenated alkanes) is 18. The van der Waals surface area contributed by atoms with Crippen LogP contribution in [0.5, 0.6) is 0 Å². The van der Waals surface area contributed by atoms with Crippen molar-refractivity contribution < 1.29 is 23.8 Å². The quantitative estimate of drug-likeness (QED) is 0.0358. The smallest absolute Gasteiger partial charge is 0.306 e. The second-order valence-corrected chi connectivity index (χ2v) is 14.2. The number of rotatable bonds is 39. The standard InChI is InChI=1S/C47H82O5/c1-4-7-10-13-15-17-19-21-23-25-27-29-31-33-36-39-42-50-43-45(52-47(49)41-38-34-12-9-6-3)44-51-46(48)40-37-35-32-30-28-26-24-22-20-18-16-14-11-8-5-2/h8,11,16,18,21-24,28,30,45H,4-7,9-10,12-15,17,19-20,25-27,29,31-44H2,1-3H3/b11-8-,18-16-,23-21-,24-22-,30-28-. The number of allylic oxidation sites excluding steroid dienone is 10. The maximum Gasteiger partial charge on any atom is 0.306 e. The molecular formula is C47H82O5. The molecule has 0 amide bonds. The molecule has 0 aliphatic heterocycles. The molecule has 0 aromatic rings. The second-order valence-electron chi connectivity index (χ2n) is 14.2. The summed E-state index contributed by atoms with van der Waals surface area (Å²) in [6, 6.07) is 0. The molecule has 0 saturated carbocycles. The van der Waals surface area contributed by atoms with E-state index in [-0.39, 0.29) is 25.2 Å². The van der Waals surface area contributed by atoms with Crippen LogP contribution in [0.1, 0.15) is 201 Å². The van der Waals surface area contributed by atoms with Gasteiger partial charge in [0.1, 0.15) is 6.61 Å². The van der Waals surface area contributed by atoms with Crippen molar-refractivity contribution in [2.75, 3.05) is 19.8 Å². The lowest BCUT2D eigenvalue weighted by atomic mass is 10.1. The van der Waals surface area contributed by atoms with Crippen LogP contribution in [0.15, 0.2) is 60.8 Å². The maximum atomic E-state index is 12.5. The molecule has 0 aliphatic rings. The van der Waals surface area contributed by atoms with Gasteiger partial charge in [0.05, 0.1) is 6.61 Å². The van der Waals surface area contributed by atoms with Crippen molar-refractivity contribution in [3.63, 3.8) is 0 Å². The summed E-state index contributed by atoms with van der Waals surface area (Å²) in [5.74, 6) is -0.463. The summed E-state index contributed by atoms with van der Waals surface area (Å²) in [7, 11) is 0. The van der Waals surface area contributed by atoms with E-state index in [1.807, 2.05) is 0 Å². The molecule has 0 aromatic heterocycles. The van der Waals surface area contributed by atoms with Crippen molar-refractivity contribution in [2.24, 2.45) is 0 Å². The van der Waals surface area contributed by atoms with Gasteiger partial charge < -0.3 is 14.2 Å². The molecule has 0 fully saturated rings. The molecule has 0 rings (SSSR count). The van der Waals surface area contributed by atoms with Crippen LogP contribution in [-0.4, -0.2) is 37.9 Å². The van der Waals surface area contributed by atoms with E-state index in [0.29, 0.717) is 19.4 Å². The summed E-state index contributed by atoms with van der Waals surface area (Å²) >= 11 is 0. The topological polar surface area (TPSA) is 61.8 Å². The third-order valence-electron chi connectivity index (χ3n) is 9.04. The summed E-state index contributed by atoms with van der Waals surface area (Å²) in [6.07, 6.45) is 52.5. The summed E-state index contributed by atoms with van der Waals surface area (Å²) < 4.78 is 17.1. The van der Waals surface area contributed by atoms with E-state index >= 15 is 0 Å². The molecule has 300 valence electrons. The van der Waals surface area contributed by atoms with Gasteiger partial charge in [-0.2, -0.15) is 0 Å². The minimum atomic E-state index is -0.550. The van der Waals surface area contributed by atoms with Gasteiger partial charge in [0.2, 0.25) is 0 Å². The fourth-order valence-electron chi connectivity index (χ4n) is 5.79. The Balaban J connectivity index is 4.15. The van der Waals surface area contributed by atoms with Gasteiger partial charge in [-0.1, -0.05) is 165 Å². The van der Waals surface area contributed by atoms with Crippen LogP contribution in [0.4, 0.5) is 0 Å². The summed E-state index contributed by atoms with van der Waals surface area (Å²) in [6.45, 7) is 7.57. The molecule has 0 radical (unpaired) electrons. The predicted molar refractivity (Wildman–Crippen MR) is 224 cm³/mol. The van der Waals surface area contributed by atoms with E-state index in [1.54, 1.807) is 0 Å². The fourth-order valence-corrected chi connectivity index (χ4v) is 5.79. The highest BCUT2D eigenvalue weighted by Crippen LogP contribution is 2.12. The van der Waals surface area contributed by atoms with Crippen molar-refractivity contribution in [2.45, 2.75) is 207 Å². The van der Waals surface area contributed by atoms with Crippen molar-refractivity contribution in [1.82, 2.24) is 0 Å². The van der Waals surface area contributed by atoms with E-state index in [0.717, 1.165) is 77.0 Å². The van der Waals surface area contributed by atoms with Crippen LogP contribution in [0.2, 0.25) is 0 Å². The molecule has 0 saturated heterocycles. The Morgan fingerprint density at radius 1 is 0.442 bits per heavy atom. The van der Waals surface area contributed by atoms with Gasteiger partial charge in [-0.05, 0) is 83.5 Å². The van der Waals surface area contributed by atoms with Gasteiger partial charge in [-0.15, -0.1) is 0 Å². The highest BCUT2D eigenvalue weighted by Gasteiger charge is 2.17. The number of ether oxygens (including phenoxy) is 3. The average Bonchev–Trinajstić information content (AvgIpc) is 3.14. The van der Waals surface area contributed by atoms with E-state index < -0.39 is 6.10 Å². The number of hydrogen-bond acceptors (Lipinski definition) is 5. The van der Waals surface area contributed by atoms with Crippen LogP contribution in [0.25, 0.3) is 0 Å². The lowest BCUT2D eigenvalue weighted by molar-refractivity contribution is -0.163. The van der Waals surface area contributed by atoms with Crippen LogP contribution in [0, 0.1) is 0 Å². The first-order chi connectivity index (χ1) is 25.6. The summed E-state index contributed by atoms with van der Waals surface area (Å²) in [5, 5.41) is 0. The first-order valence-corrected chi connectivity index (χ1v) is 21.8. The lowest BCUT2D eigenvalue weighted by Gasteiger charge is -2.18. The minimum Gasteiger partial charge on any atom is -0.462 e. The Morgan fingerprint density at radius 3 is 1.44 bits per heavy atom. The van der Waals surface area contributed by atoms with Crippen LogP contribution < -0.4 is 0 Å². The van der Waals surface area contributed by atoms with Crippen molar-refractivity contribution >= 4 is 11.9 Å². The van der Waals surface area contributed by atoms with Gasteiger partial charge in [0.25, 0.3) is 0 Å². The number of carbonyl (C=O) groups excluding carboxylic acids is 2. The molecule has 0 heterocycles. The van der Waals surface area contributed by atoms with Crippen molar-refractivity contribution in [3.8, 4) is 0 Å². The molecule has 5 heteroatoms. The molecule has 0 spiro atoms. The van der Waals surface area contributed by atoms with Gasteiger partial charge in [0.15, 0.2) is 6.10 Å². The highest BCUT2D eigenvalue weighted by atomic mass is 16.6.